The van der Waals surface area contributed by atoms with Crippen molar-refractivity contribution in [1.29, 1.82) is 0 Å². The van der Waals surface area contributed by atoms with Crippen molar-refractivity contribution >= 4 is 17.4 Å². The first-order valence-corrected chi connectivity index (χ1v) is 15.8. The molecule has 0 bridgehead atoms. The number of likely N-dealkylation sites (tertiary alicyclic amines) is 1. The van der Waals surface area contributed by atoms with Gasteiger partial charge in [-0.05, 0) is 30.0 Å². The van der Waals surface area contributed by atoms with E-state index >= 15 is 0 Å². The molecule has 44 heavy (non-hydrogen) atoms. The van der Waals surface area contributed by atoms with Gasteiger partial charge in [0.15, 0.2) is 0 Å². The second-order valence-corrected chi connectivity index (χ2v) is 13.0. The van der Waals surface area contributed by atoms with E-state index in [1.54, 1.807) is 7.11 Å². The van der Waals surface area contributed by atoms with Crippen LogP contribution in [-0.2, 0) is 21.5 Å². The number of nitrogens with one attached hydrogen (secondary N) is 3. The largest absolute Gasteiger partial charge is 0.481 e. The number of hydrogen-bond acceptors (Lipinski definition) is 6. The van der Waals surface area contributed by atoms with Gasteiger partial charge in [0.05, 0.1) is 12.8 Å². The Balaban J connectivity index is 1.26. The number of amides is 2. The number of rotatable bonds is 9. The molecule has 230 valence electrons. The zero-order valence-corrected chi connectivity index (χ0v) is 26.0. The van der Waals surface area contributed by atoms with Crippen molar-refractivity contribution in [3.05, 3.63) is 77.5 Å². The Labute approximate surface area is 260 Å². The number of methoxy groups -OCH3 is 1. The van der Waals surface area contributed by atoms with Gasteiger partial charge >= 0.3 is 0 Å². The summed E-state index contributed by atoms with van der Waals surface area (Å²) in [5.41, 5.74) is 3.14. The average Bonchev–Trinajstić information content (AvgIpc) is 3.62. The fourth-order valence-corrected chi connectivity index (χ4v) is 7.02. The molecule has 6 rings (SSSR count). The van der Waals surface area contributed by atoms with Crippen LogP contribution in [0.4, 0.5) is 0 Å². The van der Waals surface area contributed by atoms with Gasteiger partial charge in [-0.25, -0.2) is 4.98 Å². The summed E-state index contributed by atoms with van der Waals surface area (Å²) < 4.78 is 5.84. The fourth-order valence-electron chi connectivity index (χ4n) is 7.02. The molecular weight excluding hydrogens is 550 g/mol. The van der Waals surface area contributed by atoms with E-state index in [-0.39, 0.29) is 29.8 Å². The lowest BCUT2D eigenvalue weighted by Crippen LogP contribution is -2.51. The molecule has 3 saturated heterocycles. The third-order valence-corrected chi connectivity index (χ3v) is 9.67. The van der Waals surface area contributed by atoms with Crippen molar-refractivity contribution < 1.29 is 14.3 Å². The van der Waals surface area contributed by atoms with Gasteiger partial charge in [0.25, 0.3) is 0 Å². The standard InChI is InChI=1S/C36H43N5O3/c1-35(2)30(26-8-5-4-6-9-26)10-7-18-36(35,19-17-25-22-41(23-25)24-29-13-16-33(43)39-29)31-14-11-27(34(40-31)44-3)20-37-21-28-12-15-32(42)38-28/h4-11,14,18,25,28-29,37H,12-13,15-16,20-24H2,1-3H3,(H,38,42)(H,39,43)/t28-,29-,36?/m0/s1. The van der Waals surface area contributed by atoms with E-state index in [2.05, 4.69) is 101 Å². The van der Waals surface area contributed by atoms with E-state index in [9.17, 15) is 9.59 Å². The number of ether oxygens (including phenoxy) is 1. The van der Waals surface area contributed by atoms with Crippen LogP contribution in [0.25, 0.3) is 5.57 Å². The summed E-state index contributed by atoms with van der Waals surface area (Å²) in [4.78, 5) is 30.7. The Bertz CT molecular complexity index is 1520. The quantitative estimate of drug-likeness (QED) is 0.385. The molecule has 4 aliphatic rings. The van der Waals surface area contributed by atoms with Gasteiger partial charge in [-0.15, -0.1) is 0 Å². The van der Waals surface area contributed by atoms with Gasteiger partial charge in [0.2, 0.25) is 17.7 Å². The summed E-state index contributed by atoms with van der Waals surface area (Å²) in [5, 5.41) is 9.56. The molecule has 1 aromatic carbocycles. The van der Waals surface area contributed by atoms with Gasteiger partial charge in [0, 0.05) is 74.5 Å². The minimum absolute atomic E-state index is 0.121. The Morgan fingerprint density at radius 1 is 1.02 bits per heavy atom. The van der Waals surface area contributed by atoms with E-state index < -0.39 is 10.8 Å². The van der Waals surface area contributed by atoms with Crippen molar-refractivity contribution in [3.8, 4) is 17.7 Å². The summed E-state index contributed by atoms with van der Waals surface area (Å²) in [7, 11) is 1.66. The predicted molar refractivity (Wildman–Crippen MR) is 172 cm³/mol. The molecule has 8 nitrogen and oxygen atoms in total. The molecule has 1 unspecified atom stereocenters. The van der Waals surface area contributed by atoms with Crippen LogP contribution in [0.3, 0.4) is 0 Å². The monoisotopic (exact) mass is 593 g/mol. The van der Waals surface area contributed by atoms with E-state index in [1.165, 1.54) is 11.1 Å². The van der Waals surface area contributed by atoms with E-state index in [0.29, 0.717) is 31.8 Å². The second kappa shape index (κ2) is 12.6. The minimum Gasteiger partial charge on any atom is -0.481 e. The van der Waals surface area contributed by atoms with Gasteiger partial charge in [0.1, 0.15) is 5.41 Å². The molecule has 2 aromatic rings. The maximum atomic E-state index is 11.6. The molecular formula is C36H43N5O3. The lowest BCUT2D eigenvalue weighted by atomic mass is 9.57. The summed E-state index contributed by atoms with van der Waals surface area (Å²) in [6, 6.07) is 15.1. The second-order valence-electron chi connectivity index (χ2n) is 13.0. The van der Waals surface area contributed by atoms with Gasteiger partial charge in [-0.1, -0.05) is 80.3 Å². The first-order chi connectivity index (χ1) is 21.3. The lowest BCUT2D eigenvalue weighted by Gasteiger charge is -2.45. The Kier molecular flexibility index (Phi) is 8.61. The number of benzene rings is 1. The maximum absolute atomic E-state index is 11.6. The third kappa shape index (κ3) is 6.04. The summed E-state index contributed by atoms with van der Waals surface area (Å²) in [6.45, 7) is 8.53. The molecule has 1 aliphatic carbocycles. The predicted octanol–water partition coefficient (Wildman–Crippen LogP) is 3.59. The number of carbonyl (C=O) groups is 2. The van der Waals surface area contributed by atoms with Crippen molar-refractivity contribution in [2.24, 2.45) is 11.3 Å². The molecule has 3 aliphatic heterocycles. The van der Waals surface area contributed by atoms with Crippen molar-refractivity contribution in [2.75, 3.05) is 33.3 Å². The molecule has 0 spiro atoms. The van der Waals surface area contributed by atoms with Crippen LogP contribution in [0.15, 0.2) is 60.7 Å². The number of hydrogen-bond donors (Lipinski definition) is 3. The molecule has 8 heteroatoms. The van der Waals surface area contributed by atoms with E-state index in [4.69, 9.17) is 9.72 Å². The SMILES string of the molecule is COc1nc(C2(C#CC3CN(C[C@@H]4CCC(=O)N4)C3)C=CC=C(c3ccccc3)C2(C)C)ccc1CNC[C@@H]1CCC(=O)N1. The van der Waals surface area contributed by atoms with Crippen LogP contribution < -0.4 is 20.7 Å². The third-order valence-electron chi connectivity index (χ3n) is 9.67. The summed E-state index contributed by atoms with van der Waals surface area (Å²) in [6.07, 6.45) is 9.53. The van der Waals surface area contributed by atoms with Gasteiger partial charge in [-0.2, -0.15) is 0 Å². The highest BCUT2D eigenvalue weighted by Crippen LogP contribution is 2.53. The fraction of sp³-hybridized carbons (Fsp3) is 0.472. The van der Waals surface area contributed by atoms with Crippen LogP contribution in [0.5, 0.6) is 5.88 Å². The molecule has 3 N–H and O–H groups in total. The van der Waals surface area contributed by atoms with Gasteiger partial charge in [-0.3, -0.25) is 14.5 Å². The Hall–Kier alpha value is -3.93. The van der Waals surface area contributed by atoms with E-state index in [0.717, 1.165) is 43.7 Å². The highest BCUT2D eigenvalue weighted by Gasteiger charge is 2.49. The minimum atomic E-state index is -0.680. The topological polar surface area (TPSA) is 95.6 Å². The molecule has 3 atom stereocenters. The van der Waals surface area contributed by atoms with Crippen molar-refractivity contribution in [1.82, 2.24) is 25.8 Å². The molecule has 3 fully saturated rings. The zero-order valence-electron chi connectivity index (χ0n) is 26.0. The molecule has 0 radical (unpaired) electrons. The average molecular weight is 594 g/mol. The van der Waals surface area contributed by atoms with Crippen LogP contribution >= 0.6 is 0 Å². The highest BCUT2D eigenvalue weighted by molar-refractivity contribution is 5.79. The van der Waals surface area contributed by atoms with Gasteiger partial charge < -0.3 is 20.7 Å². The number of pyridine rings is 1. The zero-order chi connectivity index (χ0) is 30.7. The van der Waals surface area contributed by atoms with Crippen LogP contribution in [-0.4, -0.2) is 67.1 Å². The molecule has 4 heterocycles. The maximum Gasteiger partial charge on any atom is 0.220 e. The number of carbonyl (C=O) groups excluding carboxylic acids is 2. The lowest BCUT2D eigenvalue weighted by molar-refractivity contribution is -0.120. The number of nitrogens with zero attached hydrogens (tertiary/aromatic N) is 2. The highest BCUT2D eigenvalue weighted by atomic mass is 16.5. The van der Waals surface area contributed by atoms with Crippen LogP contribution in [0.1, 0.15) is 56.4 Å². The summed E-state index contributed by atoms with van der Waals surface area (Å²) in [5.74, 6) is 8.56. The number of aromatic nitrogens is 1. The molecule has 2 amide bonds. The number of allylic oxidation sites excluding steroid dienone is 4. The first-order valence-electron chi connectivity index (χ1n) is 15.8. The molecule has 0 saturated carbocycles. The summed E-state index contributed by atoms with van der Waals surface area (Å²) >= 11 is 0. The first kappa shape index (κ1) is 30.1. The van der Waals surface area contributed by atoms with Crippen molar-refractivity contribution in [3.63, 3.8) is 0 Å². The Morgan fingerprint density at radius 3 is 2.43 bits per heavy atom. The van der Waals surface area contributed by atoms with Crippen LogP contribution in [0, 0.1) is 23.2 Å². The van der Waals surface area contributed by atoms with Crippen molar-refractivity contribution in [2.45, 2.75) is 63.6 Å². The van der Waals surface area contributed by atoms with Crippen LogP contribution in [0.2, 0.25) is 0 Å². The Morgan fingerprint density at radius 2 is 1.75 bits per heavy atom. The smallest absolute Gasteiger partial charge is 0.220 e. The van der Waals surface area contributed by atoms with E-state index in [1.807, 2.05) is 6.07 Å². The molecule has 1 aromatic heterocycles. The normalized spacial score (nSPS) is 26.3.